The van der Waals surface area contributed by atoms with Crippen molar-refractivity contribution in [2.45, 2.75) is 78.4 Å². The van der Waals surface area contributed by atoms with Crippen LogP contribution in [0.2, 0.25) is 0 Å². The van der Waals surface area contributed by atoms with Crippen LogP contribution in [-0.4, -0.2) is 23.6 Å². The Kier molecular flexibility index (Phi) is 5.44. The number of rotatable bonds is 8. The van der Waals surface area contributed by atoms with Gasteiger partial charge in [0, 0.05) is 30.1 Å². The number of hydrogen-bond donors (Lipinski definition) is 1. The van der Waals surface area contributed by atoms with Gasteiger partial charge < -0.3 is 10.2 Å². The second kappa shape index (κ2) is 6.90. The van der Waals surface area contributed by atoms with Crippen molar-refractivity contribution in [2.24, 2.45) is 0 Å². The summed E-state index contributed by atoms with van der Waals surface area (Å²) in [6, 6.07) is 1.28. The average molecular weight is 295 g/mol. The Balaban J connectivity index is 2.17. The van der Waals surface area contributed by atoms with Crippen LogP contribution >= 0.6 is 11.3 Å². The number of nitrogens with one attached hydrogen (secondary N) is 1. The highest BCUT2D eigenvalue weighted by atomic mass is 32.1. The molecule has 1 N–H and O–H groups in total. The van der Waals surface area contributed by atoms with Gasteiger partial charge in [-0.3, -0.25) is 0 Å². The predicted molar refractivity (Wildman–Crippen MR) is 88.8 cm³/mol. The van der Waals surface area contributed by atoms with Gasteiger partial charge in [-0.05, 0) is 39.0 Å². The van der Waals surface area contributed by atoms with Gasteiger partial charge in [-0.25, -0.2) is 4.98 Å². The Labute approximate surface area is 127 Å². The fourth-order valence-electron chi connectivity index (χ4n) is 2.39. The zero-order valence-electron chi connectivity index (χ0n) is 13.6. The molecule has 0 spiro atoms. The van der Waals surface area contributed by atoms with E-state index in [-0.39, 0.29) is 0 Å². The van der Waals surface area contributed by atoms with Crippen LogP contribution in [0.4, 0.5) is 5.13 Å². The summed E-state index contributed by atoms with van der Waals surface area (Å²) in [7, 11) is 0. The van der Waals surface area contributed by atoms with Crippen LogP contribution in [0, 0.1) is 0 Å². The number of thiazole rings is 1. The third-order valence-electron chi connectivity index (χ3n) is 3.73. The minimum Gasteiger partial charge on any atom is -0.346 e. The van der Waals surface area contributed by atoms with Gasteiger partial charge in [0.15, 0.2) is 5.13 Å². The van der Waals surface area contributed by atoms with Gasteiger partial charge in [0.1, 0.15) is 0 Å². The summed E-state index contributed by atoms with van der Waals surface area (Å²) in [5.74, 6) is 0.506. The van der Waals surface area contributed by atoms with E-state index in [2.05, 4.69) is 44.8 Å². The molecule has 1 aliphatic rings. The Hall–Kier alpha value is -0.610. The van der Waals surface area contributed by atoms with E-state index in [4.69, 9.17) is 4.98 Å². The molecule has 1 aromatic rings. The fraction of sp³-hybridized carbons (Fsp3) is 0.812. The summed E-state index contributed by atoms with van der Waals surface area (Å²) < 4.78 is 0. The average Bonchev–Trinajstić information content (AvgIpc) is 3.12. The number of anilines is 1. The van der Waals surface area contributed by atoms with E-state index < -0.39 is 0 Å². The molecule has 4 heteroatoms. The van der Waals surface area contributed by atoms with Gasteiger partial charge in [0.25, 0.3) is 0 Å². The molecule has 114 valence electrons. The lowest BCUT2D eigenvalue weighted by molar-refractivity contribution is 0.663. The van der Waals surface area contributed by atoms with E-state index in [1.807, 2.05) is 11.3 Å². The molecule has 0 amide bonds. The minimum atomic E-state index is 0.506. The molecule has 0 aromatic carbocycles. The van der Waals surface area contributed by atoms with Gasteiger partial charge in [0.2, 0.25) is 0 Å². The summed E-state index contributed by atoms with van der Waals surface area (Å²) in [4.78, 5) is 8.83. The highest BCUT2D eigenvalue weighted by Crippen LogP contribution is 2.32. The monoisotopic (exact) mass is 295 g/mol. The molecule has 0 bridgehead atoms. The predicted octanol–water partition coefficient (Wildman–Crippen LogP) is 4.14. The molecule has 20 heavy (non-hydrogen) atoms. The molecular formula is C16H29N3S. The number of aromatic nitrogens is 1. The first-order valence-electron chi connectivity index (χ1n) is 8.02. The van der Waals surface area contributed by atoms with Crippen molar-refractivity contribution in [3.63, 3.8) is 0 Å². The van der Waals surface area contributed by atoms with Gasteiger partial charge in [-0.15, -0.1) is 11.3 Å². The highest BCUT2D eigenvalue weighted by Gasteiger charge is 2.23. The summed E-state index contributed by atoms with van der Waals surface area (Å²) >= 11 is 1.89. The maximum absolute atomic E-state index is 4.95. The first-order valence-corrected chi connectivity index (χ1v) is 8.84. The van der Waals surface area contributed by atoms with Crippen molar-refractivity contribution >= 4 is 16.5 Å². The van der Waals surface area contributed by atoms with Crippen molar-refractivity contribution in [1.29, 1.82) is 0 Å². The SMILES string of the molecule is CCCN(c1nc(C(C)C)c(CNC2CC2)s1)C(C)C. The molecule has 2 rings (SSSR count). The van der Waals surface area contributed by atoms with E-state index in [0.29, 0.717) is 12.0 Å². The van der Waals surface area contributed by atoms with Crippen molar-refractivity contribution in [1.82, 2.24) is 10.3 Å². The zero-order chi connectivity index (χ0) is 14.7. The molecule has 0 aliphatic heterocycles. The molecule has 0 radical (unpaired) electrons. The topological polar surface area (TPSA) is 28.2 Å². The molecule has 0 atom stereocenters. The van der Waals surface area contributed by atoms with Crippen molar-refractivity contribution in [3.05, 3.63) is 10.6 Å². The minimum absolute atomic E-state index is 0.506. The highest BCUT2D eigenvalue weighted by molar-refractivity contribution is 7.15. The van der Waals surface area contributed by atoms with Crippen molar-refractivity contribution in [2.75, 3.05) is 11.4 Å². The van der Waals surface area contributed by atoms with E-state index >= 15 is 0 Å². The lowest BCUT2D eigenvalue weighted by Crippen LogP contribution is -2.31. The molecule has 1 aromatic heterocycles. The quantitative estimate of drug-likeness (QED) is 0.781. The Bertz CT molecular complexity index is 421. The first-order chi connectivity index (χ1) is 9.52. The fourth-order valence-corrected chi connectivity index (χ4v) is 3.72. The number of nitrogens with zero attached hydrogens (tertiary/aromatic N) is 2. The Morgan fingerprint density at radius 3 is 2.50 bits per heavy atom. The normalized spacial score (nSPS) is 15.3. The summed E-state index contributed by atoms with van der Waals surface area (Å²) in [5.41, 5.74) is 1.29. The van der Waals surface area contributed by atoms with Crippen LogP contribution < -0.4 is 10.2 Å². The molecule has 1 heterocycles. The first kappa shape index (κ1) is 15.8. The third-order valence-corrected chi connectivity index (χ3v) is 4.83. The molecule has 1 aliphatic carbocycles. The number of hydrogen-bond acceptors (Lipinski definition) is 4. The maximum atomic E-state index is 4.95. The smallest absolute Gasteiger partial charge is 0.186 e. The van der Waals surface area contributed by atoms with Gasteiger partial charge in [0.05, 0.1) is 5.69 Å². The van der Waals surface area contributed by atoms with E-state index in [9.17, 15) is 0 Å². The van der Waals surface area contributed by atoms with Crippen molar-refractivity contribution in [3.8, 4) is 0 Å². The van der Waals surface area contributed by atoms with Crippen LogP contribution in [0.1, 0.15) is 70.4 Å². The van der Waals surface area contributed by atoms with Gasteiger partial charge in [-0.2, -0.15) is 0 Å². The summed E-state index contributed by atoms with van der Waals surface area (Å²) in [6.45, 7) is 13.3. The molecule has 0 saturated heterocycles. The lowest BCUT2D eigenvalue weighted by Gasteiger charge is -2.25. The Morgan fingerprint density at radius 1 is 1.30 bits per heavy atom. The molecular weight excluding hydrogens is 266 g/mol. The zero-order valence-corrected chi connectivity index (χ0v) is 14.4. The van der Waals surface area contributed by atoms with Crippen LogP contribution in [0.15, 0.2) is 0 Å². The van der Waals surface area contributed by atoms with E-state index in [1.165, 1.54) is 35.0 Å². The second-order valence-electron chi connectivity index (χ2n) is 6.40. The van der Waals surface area contributed by atoms with Crippen LogP contribution in [0.3, 0.4) is 0 Å². The largest absolute Gasteiger partial charge is 0.346 e. The van der Waals surface area contributed by atoms with Crippen LogP contribution in [0.25, 0.3) is 0 Å². The second-order valence-corrected chi connectivity index (χ2v) is 7.46. The van der Waals surface area contributed by atoms with Crippen molar-refractivity contribution < 1.29 is 0 Å². The molecule has 1 fully saturated rings. The summed E-state index contributed by atoms with van der Waals surface area (Å²) in [5, 5.41) is 4.84. The molecule has 0 unspecified atom stereocenters. The molecule has 1 saturated carbocycles. The Morgan fingerprint density at radius 2 is 2.00 bits per heavy atom. The summed E-state index contributed by atoms with van der Waals surface area (Å²) in [6.07, 6.45) is 3.86. The van der Waals surface area contributed by atoms with E-state index in [0.717, 1.165) is 19.1 Å². The van der Waals surface area contributed by atoms with E-state index in [1.54, 1.807) is 0 Å². The lowest BCUT2D eigenvalue weighted by atomic mass is 10.1. The third kappa shape index (κ3) is 3.95. The molecule has 3 nitrogen and oxygen atoms in total. The maximum Gasteiger partial charge on any atom is 0.186 e. The standard InChI is InChI=1S/C16H29N3S/c1-6-9-19(12(4)5)16-18-15(11(2)3)14(20-16)10-17-13-7-8-13/h11-13,17H,6-10H2,1-5H3. The van der Waals surface area contributed by atoms with Gasteiger partial charge in [-0.1, -0.05) is 20.8 Å². The van der Waals surface area contributed by atoms with Crippen LogP contribution in [0.5, 0.6) is 0 Å². The van der Waals surface area contributed by atoms with Gasteiger partial charge >= 0.3 is 0 Å². The van der Waals surface area contributed by atoms with Crippen LogP contribution in [-0.2, 0) is 6.54 Å².